The fourth-order valence-corrected chi connectivity index (χ4v) is 4.90. The third-order valence-corrected chi connectivity index (χ3v) is 7.01. The first kappa shape index (κ1) is 26.3. The zero-order valence-electron chi connectivity index (χ0n) is 22.0. The molecule has 4 aromatic rings. The lowest BCUT2D eigenvalue weighted by molar-refractivity contribution is 0.388. The van der Waals surface area contributed by atoms with E-state index < -0.39 is 17.4 Å². The van der Waals surface area contributed by atoms with E-state index in [1.807, 2.05) is 36.1 Å². The van der Waals surface area contributed by atoms with E-state index in [9.17, 15) is 13.6 Å². The first-order valence-electron chi connectivity index (χ1n) is 13.1. The van der Waals surface area contributed by atoms with Gasteiger partial charge in [-0.2, -0.15) is 0 Å². The number of benzene rings is 3. The summed E-state index contributed by atoms with van der Waals surface area (Å²) in [5.41, 5.74) is 6.39. The van der Waals surface area contributed by atoms with Gasteiger partial charge >= 0.3 is 5.76 Å². The molecule has 200 valence electrons. The molecule has 0 amide bonds. The van der Waals surface area contributed by atoms with Gasteiger partial charge in [0.2, 0.25) is 0 Å². The van der Waals surface area contributed by atoms with Crippen LogP contribution in [0.15, 0.2) is 92.3 Å². The van der Waals surface area contributed by atoms with Gasteiger partial charge in [0.15, 0.2) is 17.5 Å². The number of rotatable bonds is 9. The molecular formula is C31H30F2N4O2. The third kappa shape index (κ3) is 5.90. The minimum Gasteiger partial charge on any atom is -0.352 e. The number of aromatic amines is 1. The summed E-state index contributed by atoms with van der Waals surface area (Å²) in [6, 6.07) is 20.3. The van der Waals surface area contributed by atoms with Crippen LogP contribution in [0.4, 0.5) is 8.78 Å². The van der Waals surface area contributed by atoms with Crippen LogP contribution in [0.1, 0.15) is 44.2 Å². The molecule has 1 aliphatic rings. The van der Waals surface area contributed by atoms with Gasteiger partial charge < -0.3 is 4.90 Å². The van der Waals surface area contributed by atoms with E-state index in [2.05, 4.69) is 41.3 Å². The highest BCUT2D eigenvalue weighted by molar-refractivity contribution is 5.82. The van der Waals surface area contributed by atoms with Crippen LogP contribution in [0.5, 0.6) is 0 Å². The topological polar surface area (TPSA) is 74.5 Å². The lowest BCUT2D eigenvalue weighted by atomic mass is 9.95. The maximum atomic E-state index is 14.4. The maximum absolute atomic E-state index is 14.4. The van der Waals surface area contributed by atoms with Crippen molar-refractivity contribution >= 4 is 5.84 Å². The summed E-state index contributed by atoms with van der Waals surface area (Å²) in [6.07, 6.45) is 3.69. The van der Waals surface area contributed by atoms with Crippen molar-refractivity contribution in [1.29, 1.82) is 0 Å². The van der Waals surface area contributed by atoms with Gasteiger partial charge in [-0.05, 0) is 54.5 Å². The molecule has 3 aromatic carbocycles. The van der Waals surface area contributed by atoms with E-state index in [0.29, 0.717) is 24.4 Å². The minimum absolute atomic E-state index is 0.253. The van der Waals surface area contributed by atoms with Crippen LogP contribution in [-0.2, 0) is 13.0 Å². The Morgan fingerprint density at radius 3 is 2.49 bits per heavy atom. The summed E-state index contributed by atoms with van der Waals surface area (Å²) in [5, 5.41) is 3.84. The third-order valence-electron chi connectivity index (χ3n) is 7.01. The van der Waals surface area contributed by atoms with E-state index in [0.717, 1.165) is 59.1 Å². The number of nitrogens with one attached hydrogen (secondary N) is 1. The highest BCUT2D eigenvalue weighted by Gasteiger charge is 2.21. The van der Waals surface area contributed by atoms with Crippen molar-refractivity contribution in [2.24, 2.45) is 4.99 Å². The molecule has 2 heterocycles. The second kappa shape index (κ2) is 11.6. The van der Waals surface area contributed by atoms with Gasteiger partial charge in [0.25, 0.3) is 0 Å². The fraction of sp³-hybridized carbons (Fsp3) is 0.258. The van der Waals surface area contributed by atoms with Crippen LogP contribution in [0.3, 0.4) is 0 Å². The molecule has 8 heteroatoms. The molecule has 0 radical (unpaired) electrons. The number of hydrogen-bond acceptors (Lipinski definition) is 5. The normalized spacial score (nSPS) is 13.6. The zero-order chi connectivity index (χ0) is 27.4. The lowest BCUT2D eigenvalue weighted by Crippen LogP contribution is -2.34. The average Bonchev–Trinajstić information content (AvgIpc) is 3.38. The Morgan fingerprint density at radius 2 is 1.77 bits per heavy atom. The van der Waals surface area contributed by atoms with Gasteiger partial charge in [0.05, 0.1) is 0 Å². The second-order valence-electron chi connectivity index (χ2n) is 9.74. The first-order chi connectivity index (χ1) is 18.9. The Bertz CT molecular complexity index is 1580. The number of nitrogens with zero attached hydrogens (tertiary/aromatic N) is 3. The van der Waals surface area contributed by atoms with Gasteiger partial charge in [-0.3, -0.25) is 9.51 Å². The predicted octanol–water partition coefficient (Wildman–Crippen LogP) is 6.90. The van der Waals surface area contributed by atoms with Crippen LogP contribution in [0, 0.1) is 11.6 Å². The number of hydrogen-bond donors (Lipinski definition) is 1. The van der Waals surface area contributed by atoms with Crippen molar-refractivity contribution in [3.63, 3.8) is 0 Å². The average molecular weight is 529 g/mol. The van der Waals surface area contributed by atoms with Gasteiger partial charge in [-0.15, -0.1) is 0 Å². The second-order valence-corrected chi connectivity index (χ2v) is 9.74. The molecule has 1 N–H and O–H groups in total. The molecule has 0 saturated heterocycles. The molecule has 6 nitrogen and oxygen atoms in total. The van der Waals surface area contributed by atoms with Crippen molar-refractivity contribution in [1.82, 2.24) is 15.0 Å². The van der Waals surface area contributed by atoms with Crippen molar-refractivity contribution < 1.29 is 13.3 Å². The maximum Gasteiger partial charge on any atom is 0.439 e. The van der Waals surface area contributed by atoms with Crippen molar-refractivity contribution in [2.45, 2.75) is 46.1 Å². The van der Waals surface area contributed by atoms with Gasteiger partial charge in [0.1, 0.15) is 5.84 Å². The smallest absolute Gasteiger partial charge is 0.352 e. The van der Waals surface area contributed by atoms with Crippen LogP contribution < -0.4 is 5.76 Å². The number of amidine groups is 1. The molecule has 0 spiro atoms. The fourth-order valence-electron chi connectivity index (χ4n) is 4.90. The molecule has 0 saturated carbocycles. The van der Waals surface area contributed by atoms with Gasteiger partial charge in [-0.25, -0.2) is 18.6 Å². The molecular weight excluding hydrogens is 498 g/mol. The number of halogens is 2. The molecule has 0 aliphatic carbocycles. The Balaban J connectivity index is 1.39. The zero-order valence-corrected chi connectivity index (χ0v) is 22.0. The molecule has 5 rings (SSSR count). The number of aromatic nitrogens is 2. The van der Waals surface area contributed by atoms with E-state index in [-0.39, 0.29) is 6.54 Å². The SMILES string of the molecule is CCCCC1=C(Cc2ccc(-c3ccccc3-c3noc(=O)[nH]3)cc2)CN(Cc2cccc(F)c2F)C(C)=N1. The summed E-state index contributed by atoms with van der Waals surface area (Å²) in [6.45, 7) is 4.94. The largest absolute Gasteiger partial charge is 0.439 e. The van der Waals surface area contributed by atoms with Crippen LogP contribution in [0.25, 0.3) is 22.5 Å². The minimum atomic E-state index is -0.838. The molecule has 1 aliphatic heterocycles. The van der Waals surface area contributed by atoms with E-state index in [1.165, 1.54) is 11.6 Å². The highest BCUT2D eigenvalue weighted by atomic mass is 19.2. The Morgan fingerprint density at radius 1 is 1.00 bits per heavy atom. The summed E-state index contributed by atoms with van der Waals surface area (Å²) >= 11 is 0. The highest BCUT2D eigenvalue weighted by Crippen LogP contribution is 2.31. The first-order valence-corrected chi connectivity index (χ1v) is 13.1. The van der Waals surface area contributed by atoms with Gasteiger partial charge in [0, 0.05) is 29.9 Å². The predicted molar refractivity (Wildman–Crippen MR) is 148 cm³/mol. The lowest BCUT2D eigenvalue weighted by Gasteiger charge is -2.31. The molecule has 0 atom stereocenters. The number of allylic oxidation sites excluding steroid dienone is 1. The molecule has 1 aromatic heterocycles. The summed E-state index contributed by atoms with van der Waals surface area (Å²) in [5.74, 6) is -1.04. The number of H-pyrrole nitrogens is 1. The molecule has 0 fully saturated rings. The van der Waals surface area contributed by atoms with Crippen LogP contribution >= 0.6 is 0 Å². The van der Waals surface area contributed by atoms with Crippen molar-refractivity contribution in [3.05, 3.63) is 111 Å². The van der Waals surface area contributed by atoms with E-state index in [1.54, 1.807) is 6.07 Å². The molecule has 39 heavy (non-hydrogen) atoms. The Kier molecular flexibility index (Phi) is 7.81. The van der Waals surface area contributed by atoms with Crippen LogP contribution in [0.2, 0.25) is 0 Å². The quantitative estimate of drug-likeness (QED) is 0.257. The standard InChI is InChI=1S/C31H30F2N4O2/c1-3-4-12-28-24(19-37(20(2)34-28)18-23-8-7-11-27(32)29(23)33)17-21-13-15-22(16-14-21)25-9-5-6-10-26(25)30-35-31(38)39-36-30/h5-11,13-16H,3-4,12,17-19H2,1-2H3,(H,35,36,38). The summed E-state index contributed by atoms with van der Waals surface area (Å²) in [4.78, 5) is 21.0. The summed E-state index contributed by atoms with van der Waals surface area (Å²) < 4.78 is 32.9. The number of unbranched alkanes of at least 4 members (excludes halogenated alkanes) is 1. The monoisotopic (exact) mass is 528 g/mol. The van der Waals surface area contributed by atoms with E-state index >= 15 is 0 Å². The van der Waals surface area contributed by atoms with Crippen molar-refractivity contribution in [2.75, 3.05) is 6.54 Å². The molecule has 0 bridgehead atoms. The van der Waals surface area contributed by atoms with Crippen LogP contribution in [-0.4, -0.2) is 27.4 Å². The molecule has 0 unspecified atom stereocenters. The van der Waals surface area contributed by atoms with Gasteiger partial charge in [-0.1, -0.05) is 79.2 Å². The summed E-state index contributed by atoms with van der Waals surface area (Å²) in [7, 11) is 0. The number of aliphatic imine (C=N–C) groups is 1. The Hall–Kier alpha value is -4.33. The van der Waals surface area contributed by atoms with Crippen molar-refractivity contribution in [3.8, 4) is 22.5 Å². The Labute approximate surface area is 225 Å². The van der Waals surface area contributed by atoms with E-state index in [4.69, 9.17) is 9.52 Å².